The predicted molar refractivity (Wildman–Crippen MR) is 105 cm³/mol. The summed E-state index contributed by atoms with van der Waals surface area (Å²) in [6.07, 6.45) is 3.86. The zero-order valence-electron chi connectivity index (χ0n) is 15.6. The first-order valence-electron chi connectivity index (χ1n) is 9.10. The van der Waals surface area contributed by atoms with Gasteiger partial charge in [-0.3, -0.25) is 10.8 Å². The molecule has 1 aliphatic rings. The number of sulfonamides is 1. The molecular weight excluding hydrogens is 414 g/mol. The fraction of sp³-hybridized carbons (Fsp3) is 0.211. The maximum Gasteiger partial charge on any atom is 0.253 e. The quantitative estimate of drug-likeness (QED) is 0.404. The second-order valence-electron chi connectivity index (χ2n) is 6.96. The molecule has 0 atom stereocenters. The van der Waals surface area contributed by atoms with E-state index in [0.717, 1.165) is 12.5 Å². The molecule has 0 unspecified atom stereocenters. The number of anilines is 1. The third-order valence-corrected chi connectivity index (χ3v) is 6.32. The van der Waals surface area contributed by atoms with Crippen molar-refractivity contribution in [2.24, 2.45) is 5.84 Å². The SMILES string of the molecule is NNS(=O)(=O)c1ccc(-c2ccc(NC3(c4ncccc4F)CCC3)nn2)c(F)c1. The van der Waals surface area contributed by atoms with Crippen LogP contribution in [0.25, 0.3) is 11.3 Å². The molecule has 8 nitrogen and oxygen atoms in total. The lowest BCUT2D eigenvalue weighted by atomic mass is 9.74. The summed E-state index contributed by atoms with van der Waals surface area (Å²) in [7, 11) is -3.97. The van der Waals surface area contributed by atoms with Crippen molar-refractivity contribution in [1.82, 2.24) is 20.0 Å². The van der Waals surface area contributed by atoms with Crippen LogP contribution in [0.4, 0.5) is 14.6 Å². The number of hydrogen-bond acceptors (Lipinski definition) is 7. The molecule has 0 aliphatic heterocycles. The van der Waals surface area contributed by atoms with E-state index in [1.54, 1.807) is 23.2 Å². The van der Waals surface area contributed by atoms with Gasteiger partial charge in [-0.1, -0.05) is 0 Å². The standard InChI is InChI=1S/C19H18F2N6O2S/c20-14-3-1-10-23-18(14)19(8-2-9-19)24-17-7-6-16(25-26-17)13-5-4-12(11-15(13)21)30(28,29)27-22/h1,3-7,10-11,27H,2,8-9,22H2,(H,24,26). The lowest BCUT2D eigenvalue weighted by Gasteiger charge is -2.42. The predicted octanol–water partition coefficient (Wildman–Crippen LogP) is 2.46. The Labute approximate surface area is 171 Å². The van der Waals surface area contributed by atoms with Crippen molar-refractivity contribution in [3.05, 3.63) is 66.0 Å². The minimum Gasteiger partial charge on any atom is -0.357 e. The number of aromatic nitrogens is 3. The number of hydrogen-bond donors (Lipinski definition) is 3. The van der Waals surface area contributed by atoms with E-state index < -0.39 is 27.2 Å². The van der Waals surface area contributed by atoms with E-state index in [9.17, 15) is 17.2 Å². The number of nitrogens with zero attached hydrogens (tertiary/aromatic N) is 3. The molecule has 2 aromatic heterocycles. The first kappa shape index (κ1) is 20.3. The maximum absolute atomic E-state index is 14.4. The van der Waals surface area contributed by atoms with Crippen LogP contribution in [-0.4, -0.2) is 23.6 Å². The second kappa shape index (κ2) is 7.67. The van der Waals surface area contributed by atoms with Gasteiger partial charge in [0.25, 0.3) is 10.0 Å². The number of hydrazine groups is 1. The van der Waals surface area contributed by atoms with Crippen LogP contribution in [0.2, 0.25) is 0 Å². The van der Waals surface area contributed by atoms with Crippen molar-refractivity contribution in [2.45, 2.75) is 29.7 Å². The Kier molecular flexibility index (Phi) is 5.18. The lowest BCUT2D eigenvalue weighted by Crippen LogP contribution is -2.43. The van der Waals surface area contributed by atoms with Gasteiger partial charge in [-0.05, 0) is 61.7 Å². The van der Waals surface area contributed by atoms with Crippen LogP contribution < -0.4 is 16.0 Å². The Bertz CT molecular complexity index is 1180. The molecule has 0 bridgehead atoms. The van der Waals surface area contributed by atoms with E-state index in [-0.39, 0.29) is 16.2 Å². The van der Waals surface area contributed by atoms with Gasteiger partial charge in [-0.15, -0.1) is 10.2 Å². The van der Waals surface area contributed by atoms with Crippen molar-refractivity contribution in [3.63, 3.8) is 0 Å². The van der Waals surface area contributed by atoms with Crippen molar-refractivity contribution in [2.75, 3.05) is 5.32 Å². The lowest BCUT2D eigenvalue weighted by molar-refractivity contribution is 0.265. The maximum atomic E-state index is 14.4. The van der Waals surface area contributed by atoms with E-state index in [4.69, 9.17) is 5.84 Å². The monoisotopic (exact) mass is 432 g/mol. The molecule has 0 saturated heterocycles. The fourth-order valence-corrected chi connectivity index (χ4v) is 4.06. The van der Waals surface area contributed by atoms with E-state index in [0.29, 0.717) is 24.4 Å². The molecule has 11 heteroatoms. The Morgan fingerprint density at radius 1 is 1.03 bits per heavy atom. The van der Waals surface area contributed by atoms with Crippen LogP contribution in [0.3, 0.4) is 0 Å². The minimum atomic E-state index is -3.97. The van der Waals surface area contributed by atoms with E-state index in [1.165, 1.54) is 24.3 Å². The van der Waals surface area contributed by atoms with Gasteiger partial charge >= 0.3 is 0 Å². The molecule has 0 spiro atoms. The highest BCUT2D eigenvalue weighted by molar-refractivity contribution is 7.89. The Balaban J connectivity index is 1.59. The van der Waals surface area contributed by atoms with E-state index in [2.05, 4.69) is 20.5 Å². The average molecular weight is 432 g/mol. The molecule has 4 N–H and O–H groups in total. The summed E-state index contributed by atoms with van der Waals surface area (Å²) in [5, 5.41) is 11.3. The van der Waals surface area contributed by atoms with E-state index in [1.807, 2.05) is 0 Å². The van der Waals surface area contributed by atoms with Crippen LogP contribution in [0.15, 0.2) is 53.6 Å². The summed E-state index contributed by atoms with van der Waals surface area (Å²) in [4.78, 5) is 5.52. The van der Waals surface area contributed by atoms with Crippen molar-refractivity contribution in [3.8, 4) is 11.3 Å². The van der Waals surface area contributed by atoms with Crippen molar-refractivity contribution in [1.29, 1.82) is 0 Å². The van der Waals surface area contributed by atoms with Gasteiger partial charge in [0, 0.05) is 11.8 Å². The topological polar surface area (TPSA) is 123 Å². The number of nitrogens with two attached hydrogens (primary N) is 1. The molecule has 0 amide bonds. The Morgan fingerprint density at radius 3 is 2.40 bits per heavy atom. The highest BCUT2D eigenvalue weighted by atomic mass is 32.2. The number of nitrogens with one attached hydrogen (secondary N) is 2. The number of pyridine rings is 1. The highest BCUT2D eigenvalue weighted by Crippen LogP contribution is 2.43. The van der Waals surface area contributed by atoms with Gasteiger partial charge < -0.3 is 5.32 Å². The molecular formula is C19H18F2N6O2S. The summed E-state index contributed by atoms with van der Waals surface area (Å²) >= 11 is 0. The zero-order chi connectivity index (χ0) is 21.4. The van der Waals surface area contributed by atoms with Gasteiger partial charge in [0.1, 0.15) is 23.1 Å². The van der Waals surface area contributed by atoms with Crippen LogP contribution in [0, 0.1) is 11.6 Å². The molecule has 1 aromatic carbocycles. The molecule has 3 aromatic rings. The Morgan fingerprint density at radius 2 is 1.83 bits per heavy atom. The summed E-state index contributed by atoms with van der Waals surface area (Å²) in [6.45, 7) is 0. The zero-order valence-corrected chi connectivity index (χ0v) is 16.5. The average Bonchev–Trinajstić information content (AvgIpc) is 2.72. The van der Waals surface area contributed by atoms with Crippen molar-refractivity contribution < 1.29 is 17.2 Å². The minimum absolute atomic E-state index is 0.0825. The van der Waals surface area contributed by atoms with Crippen LogP contribution >= 0.6 is 0 Å². The number of benzene rings is 1. The van der Waals surface area contributed by atoms with Gasteiger partial charge in [0.05, 0.1) is 16.1 Å². The summed E-state index contributed by atoms with van der Waals surface area (Å²) in [6, 6.07) is 9.41. The normalized spacial score (nSPS) is 15.4. The molecule has 0 radical (unpaired) electrons. The van der Waals surface area contributed by atoms with Gasteiger partial charge in [-0.2, -0.15) is 4.83 Å². The molecule has 1 saturated carbocycles. The van der Waals surface area contributed by atoms with E-state index >= 15 is 0 Å². The molecule has 1 aliphatic carbocycles. The summed E-state index contributed by atoms with van der Waals surface area (Å²) in [5.41, 5.74) is -0.0232. The van der Waals surface area contributed by atoms with Gasteiger partial charge in [0.2, 0.25) is 0 Å². The molecule has 156 valence electrons. The first-order valence-corrected chi connectivity index (χ1v) is 10.6. The third-order valence-electron chi connectivity index (χ3n) is 5.13. The van der Waals surface area contributed by atoms with Gasteiger partial charge in [0.15, 0.2) is 0 Å². The first-order chi connectivity index (χ1) is 14.3. The van der Waals surface area contributed by atoms with Crippen LogP contribution in [0.1, 0.15) is 25.0 Å². The molecule has 30 heavy (non-hydrogen) atoms. The van der Waals surface area contributed by atoms with Crippen LogP contribution in [0.5, 0.6) is 0 Å². The molecule has 1 fully saturated rings. The fourth-order valence-electron chi connectivity index (χ4n) is 3.42. The summed E-state index contributed by atoms with van der Waals surface area (Å²) in [5.74, 6) is 4.18. The van der Waals surface area contributed by atoms with Gasteiger partial charge in [-0.25, -0.2) is 17.2 Å². The largest absolute Gasteiger partial charge is 0.357 e. The smallest absolute Gasteiger partial charge is 0.253 e. The summed E-state index contributed by atoms with van der Waals surface area (Å²) < 4.78 is 52.0. The van der Waals surface area contributed by atoms with Crippen LogP contribution in [-0.2, 0) is 15.6 Å². The highest BCUT2D eigenvalue weighted by Gasteiger charge is 2.42. The Hall–Kier alpha value is -3.02. The molecule has 2 heterocycles. The molecule has 4 rings (SSSR count). The number of halogens is 2. The second-order valence-corrected chi connectivity index (χ2v) is 8.68. The van der Waals surface area contributed by atoms with Crippen molar-refractivity contribution >= 4 is 15.8 Å². The third kappa shape index (κ3) is 3.62. The number of rotatable bonds is 6.